The Morgan fingerprint density at radius 1 is 0.564 bits per heavy atom. The van der Waals surface area contributed by atoms with Gasteiger partial charge in [-0.2, -0.15) is 0 Å². The molecule has 0 radical (unpaired) electrons. The Labute approximate surface area is 247 Å². The van der Waals surface area contributed by atoms with Crippen molar-refractivity contribution in [3.63, 3.8) is 0 Å². The van der Waals surface area contributed by atoms with E-state index in [0.29, 0.717) is 0 Å². The van der Waals surface area contributed by atoms with E-state index in [4.69, 9.17) is 7.58 Å². The van der Waals surface area contributed by atoms with Crippen molar-refractivity contribution in [3.8, 4) is 33.8 Å². The molecule has 200 valence electrons. The molecule has 39 heavy (non-hydrogen) atoms. The second kappa shape index (κ2) is 15.9. The summed E-state index contributed by atoms with van der Waals surface area (Å²) >= 11 is -1.39. The summed E-state index contributed by atoms with van der Waals surface area (Å²) in [5.74, 6) is 8.37. The molecule has 4 aromatic carbocycles. The van der Waals surface area contributed by atoms with E-state index < -0.39 is 14.8 Å². The van der Waals surface area contributed by atoms with Crippen LogP contribution in [-0.2, 0) is 13.1 Å². The molecule has 4 nitrogen and oxygen atoms in total. The van der Waals surface area contributed by atoms with Crippen molar-refractivity contribution < 1.29 is 7.58 Å². The molecule has 0 atom stereocenters. The Morgan fingerprint density at radius 3 is 1.26 bits per heavy atom. The number of hydrogen-bond acceptors (Lipinski definition) is 4. The molecule has 0 aromatic heterocycles. The number of rotatable bonds is 10. The summed E-state index contributed by atoms with van der Waals surface area (Å²) in [6, 6.07) is 33.7. The van der Waals surface area contributed by atoms with E-state index in [0.717, 1.165) is 73.2 Å². The van der Waals surface area contributed by atoms with Gasteiger partial charge >= 0.3 is 41.6 Å². The third-order valence-electron chi connectivity index (χ3n) is 5.90. The van der Waals surface area contributed by atoms with E-state index in [9.17, 15) is 0 Å². The van der Waals surface area contributed by atoms with E-state index in [2.05, 4.69) is 140 Å². The van der Waals surface area contributed by atoms with Gasteiger partial charge in [0, 0.05) is 35.3 Å². The minimum absolute atomic E-state index is 0.750. The van der Waals surface area contributed by atoms with Crippen molar-refractivity contribution >= 4 is 30.0 Å². The van der Waals surface area contributed by atoms with Gasteiger partial charge in [-0.1, -0.05) is 97.1 Å². The van der Waals surface area contributed by atoms with E-state index in [-0.39, 0.29) is 0 Å². The van der Waals surface area contributed by atoms with Crippen LogP contribution in [0.2, 0.25) is 17.4 Å². The SMILES string of the molecule is CN(C)Cc1cccc(-c2ccccc2)c1[O][Al]([CH3])[O]c1c(CN(C)C)cccc1-c1ccccc1.[CH3][Al+][CH3]. The van der Waals surface area contributed by atoms with Crippen LogP contribution in [0.15, 0.2) is 97.1 Å². The van der Waals surface area contributed by atoms with Crippen LogP contribution >= 0.6 is 0 Å². The summed E-state index contributed by atoms with van der Waals surface area (Å²) in [6.45, 7) is 1.59. The molecule has 0 aliphatic carbocycles. The fourth-order valence-electron chi connectivity index (χ4n) is 4.42. The van der Waals surface area contributed by atoms with Gasteiger partial charge in [-0.25, -0.2) is 0 Å². The van der Waals surface area contributed by atoms with Gasteiger partial charge in [0.15, 0.2) is 0 Å². The molecule has 0 aliphatic rings. The number of hydrogen-bond donors (Lipinski definition) is 0. The quantitative estimate of drug-likeness (QED) is 0.191. The van der Waals surface area contributed by atoms with Gasteiger partial charge in [0.05, 0.1) is 11.5 Å². The molecule has 0 unspecified atom stereocenters. The standard InChI is InChI=1S/2C15H17NO.3CH3.2Al/c2*1-16(2)11-13-9-6-10-14(15(13)17)12-7-4-3-5-8-12;;;;;/h2*3-10,17H,11H2,1-2H3;3*1H3;;/q;;;;;+1;+2/p-2. The second-order valence-corrected chi connectivity index (χ2v) is 12.9. The van der Waals surface area contributed by atoms with Gasteiger partial charge in [0.1, 0.15) is 0 Å². The molecule has 0 amide bonds. The van der Waals surface area contributed by atoms with Crippen molar-refractivity contribution in [3.05, 3.63) is 108 Å². The monoisotopic (exact) mass is 551 g/mol. The van der Waals surface area contributed by atoms with E-state index in [1.807, 2.05) is 12.1 Å². The average Bonchev–Trinajstić information content (AvgIpc) is 2.91. The Kier molecular flexibility index (Phi) is 12.6. The third-order valence-corrected chi connectivity index (χ3v) is 7.04. The zero-order valence-electron chi connectivity index (χ0n) is 24.5. The molecule has 4 aromatic rings. The van der Waals surface area contributed by atoms with Gasteiger partial charge in [-0.15, -0.1) is 0 Å². The Balaban J connectivity index is 0.00000134. The molecule has 0 spiro atoms. The first-order valence-corrected chi connectivity index (χ1v) is 18.0. The number of benzene rings is 4. The summed E-state index contributed by atoms with van der Waals surface area (Å²) in [5, 5.41) is 0. The van der Waals surface area contributed by atoms with Crippen LogP contribution in [0.25, 0.3) is 22.3 Å². The number of nitrogens with zero attached hydrogens (tertiary/aromatic N) is 2. The molecule has 0 N–H and O–H groups in total. The van der Waals surface area contributed by atoms with Gasteiger partial charge in [-0.05, 0) is 45.1 Å². The second-order valence-electron chi connectivity index (χ2n) is 10.2. The maximum atomic E-state index is 6.76. The normalized spacial score (nSPS) is 10.5. The zero-order chi connectivity index (χ0) is 28.2. The topological polar surface area (TPSA) is 24.9 Å². The number of para-hydroxylation sites is 2. The van der Waals surface area contributed by atoms with Crippen molar-refractivity contribution in [2.45, 2.75) is 30.4 Å². The van der Waals surface area contributed by atoms with Crippen LogP contribution in [-0.4, -0.2) is 68.0 Å². The van der Waals surface area contributed by atoms with Crippen molar-refractivity contribution in [1.82, 2.24) is 9.80 Å². The molecule has 0 fully saturated rings. The Hall–Kier alpha value is -2.54. The summed E-state index contributed by atoms with van der Waals surface area (Å²) in [6.07, 6.45) is 0. The molecular formula is C33H41Al2N2O2+. The maximum absolute atomic E-state index is 6.76. The van der Waals surface area contributed by atoms with Crippen LogP contribution in [0.4, 0.5) is 0 Å². The molecule has 4 rings (SSSR count). The van der Waals surface area contributed by atoms with Gasteiger partial charge < -0.3 is 17.4 Å². The zero-order valence-corrected chi connectivity index (χ0v) is 26.8. The molecule has 0 heterocycles. The van der Waals surface area contributed by atoms with Gasteiger partial charge in [0.25, 0.3) is 0 Å². The van der Waals surface area contributed by atoms with Crippen LogP contribution in [0.1, 0.15) is 11.1 Å². The molecule has 0 aliphatic heterocycles. The first-order chi connectivity index (χ1) is 18.8. The first kappa shape index (κ1) is 31.0. The molecule has 0 saturated carbocycles. The van der Waals surface area contributed by atoms with Crippen LogP contribution < -0.4 is 7.58 Å². The van der Waals surface area contributed by atoms with Crippen molar-refractivity contribution in [2.75, 3.05) is 28.2 Å². The molecule has 6 heteroatoms. The Morgan fingerprint density at radius 2 is 0.923 bits per heavy atom. The summed E-state index contributed by atoms with van der Waals surface area (Å²) < 4.78 is 13.5. The summed E-state index contributed by atoms with van der Waals surface area (Å²) in [4.78, 5) is 4.34. The molecule has 0 bridgehead atoms. The predicted octanol–water partition coefficient (Wildman–Crippen LogP) is 7.51. The van der Waals surface area contributed by atoms with Crippen molar-refractivity contribution in [2.24, 2.45) is 0 Å². The van der Waals surface area contributed by atoms with Crippen LogP contribution in [0.5, 0.6) is 11.5 Å². The van der Waals surface area contributed by atoms with Crippen LogP contribution in [0.3, 0.4) is 0 Å². The fraction of sp³-hybridized carbons (Fsp3) is 0.273. The first-order valence-electron chi connectivity index (χ1n) is 13.5. The molecule has 0 saturated heterocycles. The third kappa shape index (κ3) is 9.27. The van der Waals surface area contributed by atoms with Gasteiger partial charge in [0.2, 0.25) is 0 Å². The van der Waals surface area contributed by atoms with E-state index in [1.54, 1.807) is 0 Å². The predicted molar refractivity (Wildman–Crippen MR) is 169 cm³/mol. The average molecular weight is 552 g/mol. The summed E-state index contributed by atoms with van der Waals surface area (Å²) in [7, 11) is 8.33. The van der Waals surface area contributed by atoms with E-state index in [1.165, 1.54) is 0 Å². The van der Waals surface area contributed by atoms with Crippen LogP contribution in [0, 0.1) is 0 Å². The Bertz CT molecular complexity index is 1180. The van der Waals surface area contributed by atoms with Crippen molar-refractivity contribution in [1.29, 1.82) is 0 Å². The summed E-state index contributed by atoms with van der Waals surface area (Å²) in [5.41, 5.74) is 6.81. The van der Waals surface area contributed by atoms with E-state index >= 15 is 0 Å². The molecular weight excluding hydrogens is 510 g/mol. The minimum atomic E-state index is -2.14. The van der Waals surface area contributed by atoms with Gasteiger partial charge in [-0.3, -0.25) is 0 Å². The fourth-order valence-corrected chi connectivity index (χ4v) is 5.69.